The van der Waals surface area contributed by atoms with E-state index in [4.69, 9.17) is 9.47 Å². The molecule has 0 radical (unpaired) electrons. The lowest BCUT2D eigenvalue weighted by Crippen LogP contribution is -2.24. The second-order valence-corrected chi connectivity index (χ2v) is 4.59. The summed E-state index contributed by atoms with van der Waals surface area (Å²) in [4.78, 5) is 0. The van der Waals surface area contributed by atoms with Gasteiger partial charge in [0.1, 0.15) is 5.75 Å². The first-order valence-corrected chi connectivity index (χ1v) is 6.20. The van der Waals surface area contributed by atoms with E-state index in [1.165, 1.54) is 0 Å². The van der Waals surface area contributed by atoms with E-state index in [-0.39, 0.29) is 6.10 Å². The Morgan fingerprint density at radius 2 is 1.76 bits per heavy atom. The Hall–Kier alpha value is -1.06. The van der Waals surface area contributed by atoms with E-state index in [9.17, 15) is 5.11 Å². The van der Waals surface area contributed by atoms with Crippen molar-refractivity contribution in [3.8, 4) is 5.75 Å². The molecule has 1 saturated carbocycles. The average molecular weight is 236 g/mol. The fourth-order valence-corrected chi connectivity index (χ4v) is 2.15. The van der Waals surface area contributed by atoms with Crippen LogP contribution in [0.3, 0.4) is 0 Å². The number of aliphatic hydroxyl groups excluding tert-OH is 1. The van der Waals surface area contributed by atoms with Gasteiger partial charge in [0, 0.05) is 0 Å². The minimum absolute atomic E-state index is 0.115. The normalized spacial score (nSPS) is 24.6. The highest BCUT2D eigenvalue weighted by Gasteiger charge is 2.19. The van der Waals surface area contributed by atoms with Crippen LogP contribution in [0.4, 0.5) is 0 Å². The summed E-state index contributed by atoms with van der Waals surface area (Å²) in [5, 5.41) is 9.40. The van der Waals surface area contributed by atoms with Crippen LogP contribution < -0.4 is 4.74 Å². The van der Waals surface area contributed by atoms with Crippen molar-refractivity contribution in [3.05, 3.63) is 29.8 Å². The number of rotatable bonds is 4. The molecule has 2 rings (SSSR count). The molecule has 0 aromatic heterocycles. The lowest BCUT2D eigenvalue weighted by atomic mass is 9.95. The number of hydrogen-bond donors (Lipinski definition) is 1. The zero-order valence-corrected chi connectivity index (χ0v) is 10.3. The first kappa shape index (κ1) is 12.4. The molecule has 94 valence electrons. The molecule has 3 heteroatoms. The van der Waals surface area contributed by atoms with Crippen LogP contribution in [0, 0.1) is 0 Å². The van der Waals surface area contributed by atoms with Crippen LogP contribution in [0.5, 0.6) is 5.75 Å². The van der Waals surface area contributed by atoms with Gasteiger partial charge in [0.25, 0.3) is 0 Å². The van der Waals surface area contributed by atoms with E-state index >= 15 is 0 Å². The quantitative estimate of drug-likeness (QED) is 0.873. The lowest BCUT2D eigenvalue weighted by molar-refractivity contribution is -0.0118. The van der Waals surface area contributed by atoms with Gasteiger partial charge in [0.05, 0.1) is 25.9 Å². The summed E-state index contributed by atoms with van der Waals surface area (Å²) in [5.74, 6) is 0.870. The van der Waals surface area contributed by atoms with E-state index in [0.717, 1.165) is 37.0 Å². The Bertz CT molecular complexity index is 326. The summed E-state index contributed by atoms with van der Waals surface area (Å²) in [5.41, 5.74) is 1.16. The first-order valence-electron chi connectivity index (χ1n) is 6.20. The van der Waals surface area contributed by atoms with Gasteiger partial charge in [-0.15, -0.1) is 0 Å². The van der Waals surface area contributed by atoms with Crippen molar-refractivity contribution >= 4 is 0 Å². The molecule has 0 spiro atoms. The number of hydrogen-bond acceptors (Lipinski definition) is 3. The number of methoxy groups -OCH3 is 1. The maximum atomic E-state index is 9.40. The van der Waals surface area contributed by atoms with Crippen LogP contribution in [0.15, 0.2) is 24.3 Å². The highest BCUT2D eigenvalue weighted by atomic mass is 16.5. The zero-order valence-electron chi connectivity index (χ0n) is 10.3. The van der Waals surface area contributed by atoms with Crippen LogP contribution in [0.25, 0.3) is 0 Å². The number of benzene rings is 1. The van der Waals surface area contributed by atoms with Crippen molar-refractivity contribution in [1.29, 1.82) is 0 Å². The van der Waals surface area contributed by atoms with Gasteiger partial charge in [0.2, 0.25) is 0 Å². The minimum atomic E-state index is -0.115. The highest BCUT2D eigenvalue weighted by molar-refractivity contribution is 5.26. The van der Waals surface area contributed by atoms with Crippen LogP contribution in [0.1, 0.15) is 31.2 Å². The van der Waals surface area contributed by atoms with Crippen molar-refractivity contribution < 1.29 is 14.6 Å². The maximum absolute atomic E-state index is 9.40. The molecular formula is C14H20O3. The molecule has 0 heterocycles. The van der Waals surface area contributed by atoms with E-state index in [2.05, 4.69) is 0 Å². The summed E-state index contributed by atoms with van der Waals surface area (Å²) in [6.07, 6.45) is 3.87. The summed E-state index contributed by atoms with van der Waals surface area (Å²) < 4.78 is 10.9. The molecule has 1 N–H and O–H groups in total. The molecule has 0 atom stereocenters. The second-order valence-electron chi connectivity index (χ2n) is 4.59. The van der Waals surface area contributed by atoms with Crippen molar-refractivity contribution in [3.63, 3.8) is 0 Å². The standard InChI is InChI=1S/C14H20O3/c1-16-13-6-2-11(3-7-13)10-17-14-8-4-12(15)5-9-14/h2-3,6-7,12,14-15H,4-5,8-10H2,1H3. The van der Waals surface area contributed by atoms with Gasteiger partial charge >= 0.3 is 0 Å². The van der Waals surface area contributed by atoms with Crippen LogP contribution in [0.2, 0.25) is 0 Å². The Labute approximate surface area is 102 Å². The van der Waals surface area contributed by atoms with E-state index in [0.29, 0.717) is 12.7 Å². The summed E-state index contributed by atoms with van der Waals surface area (Å²) in [6.45, 7) is 0.644. The maximum Gasteiger partial charge on any atom is 0.118 e. The Kier molecular flexibility index (Phi) is 4.40. The number of aliphatic hydroxyl groups is 1. The van der Waals surface area contributed by atoms with Gasteiger partial charge in [-0.25, -0.2) is 0 Å². The minimum Gasteiger partial charge on any atom is -0.497 e. The zero-order chi connectivity index (χ0) is 12.1. The van der Waals surface area contributed by atoms with Crippen LogP contribution in [-0.2, 0) is 11.3 Å². The average Bonchev–Trinajstić information content (AvgIpc) is 2.39. The highest BCUT2D eigenvalue weighted by Crippen LogP contribution is 2.22. The molecule has 0 bridgehead atoms. The predicted octanol–water partition coefficient (Wildman–Crippen LogP) is 2.52. The molecule has 1 aromatic carbocycles. The number of ether oxygens (including phenoxy) is 2. The van der Waals surface area contributed by atoms with E-state index in [1.807, 2.05) is 24.3 Å². The van der Waals surface area contributed by atoms with Crippen LogP contribution in [-0.4, -0.2) is 24.4 Å². The Morgan fingerprint density at radius 1 is 1.12 bits per heavy atom. The molecule has 0 unspecified atom stereocenters. The third kappa shape index (κ3) is 3.72. The SMILES string of the molecule is COc1ccc(COC2CCC(O)CC2)cc1. The Balaban J connectivity index is 1.77. The van der Waals surface area contributed by atoms with Gasteiger partial charge in [-0.2, -0.15) is 0 Å². The smallest absolute Gasteiger partial charge is 0.118 e. The largest absolute Gasteiger partial charge is 0.497 e. The summed E-state index contributed by atoms with van der Waals surface area (Å²) in [6, 6.07) is 7.94. The fourth-order valence-electron chi connectivity index (χ4n) is 2.15. The van der Waals surface area contributed by atoms with Gasteiger partial charge in [0.15, 0.2) is 0 Å². The third-order valence-electron chi connectivity index (χ3n) is 3.29. The van der Waals surface area contributed by atoms with E-state index in [1.54, 1.807) is 7.11 Å². The predicted molar refractivity (Wildman–Crippen MR) is 66.0 cm³/mol. The van der Waals surface area contributed by atoms with Crippen molar-refractivity contribution in [2.45, 2.75) is 44.5 Å². The summed E-state index contributed by atoms with van der Waals surface area (Å²) >= 11 is 0. The van der Waals surface area contributed by atoms with Gasteiger partial charge in [-0.1, -0.05) is 12.1 Å². The fraction of sp³-hybridized carbons (Fsp3) is 0.571. The Morgan fingerprint density at radius 3 is 2.35 bits per heavy atom. The van der Waals surface area contributed by atoms with E-state index < -0.39 is 0 Å². The molecule has 0 saturated heterocycles. The van der Waals surface area contributed by atoms with Gasteiger partial charge in [-0.05, 0) is 43.4 Å². The van der Waals surface area contributed by atoms with Crippen molar-refractivity contribution in [2.75, 3.05) is 7.11 Å². The molecular weight excluding hydrogens is 216 g/mol. The summed E-state index contributed by atoms with van der Waals surface area (Å²) in [7, 11) is 1.67. The first-order chi connectivity index (χ1) is 8.28. The third-order valence-corrected chi connectivity index (χ3v) is 3.29. The van der Waals surface area contributed by atoms with Crippen molar-refractivity contribution in [1.82, 2.24) is 0 Å². The molecule has 3 nitrogen and oxygen atoms in total. The molecule has 1 aliphatic carbocycles. The molecule has 1 fully saturated rings. The molecule has 17 heavy (non-hydrogen) atoms. The molecule has 0 aliphatic heterocycles. The monoisotopic (exact) mass is 236 g/mol. The molecule has 0 amide bonds. The van der Waals surface area contributed by atoms with Gasteiger partial charge < -0.3 is 14.6 Å². The molecule has 1 aromatic rings. The molecule has 1 aliphatic rings. The lowest BCUT2D eigenvalue weighted by Gasteiger charge is -2.25. The topological polar surface area (TPSA) is 38.7 Å². The van der Waals surface area contributed by atoms with Crippen molar-refractivity contribution in [2.24, 2.45) is 0 Å². The second kappa shape index (κ2) is 6.03. The van der Waals surface area contributed by atoms with Crippen LogP contribution >= 0.6 is 0 Å². The van der Waals surface area contributed by atoms with Gasteiger partial charge in [-0.3, -0.25) is 0 Å².